The molecule has 0 heterocycles. The number of hydrogen-bond acceptors (Lipinski definition) is 2. The zero-order chi connectivity index (χ0) is 15.1. The molecule has 0 fully saturated rings. The second-order valence-corrected chi connectivity index (χ2v) is 5.00. The van der Waals surface area contributed by atoms with Crippen molar-refractivity contribution in [2.75, 3.05) is 41.8 Å². The van der Waals surface area contributed by atoms with Crippen molar-refractivity contribution in [3.8, 4) is 0 Å². The highest BCUT2D eigenvalue weighted by Gasteiger charge is 2.05. The molecule has 5 heteroatoms. The summed E-state index contributed by atoms with van der Waals surface area (Å²) in [6.45, 7) is 0.697. The summed E-state index contributed by atoms with van der Waals surface area (Å²) in [4.78, 5) is 20.1. The van der Waals surface area contributed by atoms with E-state index in [0.29, 0.717) is 12.1 Å². The van der Waals surface area contributed by atoms with E-state index in [1.807, 2.05) is 62.3 Å². The molecule has 0 aliphatic heterocycles. The second kappa shape index (κ2) is 7.53. The van der Waals surface area contributed by atoms with Gasteiger partial charge in [-0.1, -0.05) is 12.1 Å². The Labute approximate surface area is 121 Å². The maximum absolute atomic E-state index is 11.6. The summed E-state index contributed by atoms with van der Waals surface area (Å²) in [5.74, 6) is 0.880. The smallest absolute Gasteiger partial charge is 0.251 e. The zero-order valence-electron chi connectivity index (χ0n) is 13.0. The van der Waals surface area contributed by atoms with Crippen LogP contribution in [0.3, 0.4) is 0 Å². The van der Waals surface area contributed by atoms with E-state index in [-0.39, 0.29) is 5.91 Å². The van der Waals surface area contributed by atoms with Crippen LogP contribution in [-0.4, -0.2) is 63.4 Å². The predicted octanol–water partition coefficient (Wildman–Crippen LogP) is 1.07. The lowest BCUT2D eigenvalue weighted by atomic mass is 10.1. The fourth-order valence-corrected chi connectivity index (χ4v) is 1.98. The number of guanidine groups is 1. The number of carbonyl (C=O) groups is 1. The highest BCUT2D eigenvalue weighted by molar-refractivity contribution is 5.94. The van der Waals surface area contributed by atoms with Gasteiger partial charge in [0, 0.05) is 47.3 Å². The van der Waals surface area contributed by atoms with Crippen molar-refractivity contribution in [2.45, 2.75) is 6.42 Å². The van der Waals surface area contributed by atoms with E-state index >= 15 is 0 Å². The molecule has 0 saturated carbocycles. The summed E-state index contributed by atoms with van der Waals surface area (Å²) in [5, 5.41) is 2.63. The van der Waals surface area contributed by atoms with Crippen molar-refractivity contribution in [3.05, 3.63) is 35.4 Å². The minimum absolute atomic E-state index is 0.0578. The number of nitrogens with one attached hydrogen (secondary N) is 1. The summed E-state index contributed by atoms with van der Waals surface area (Å²) < 4.78 is 0. The largest absolute Gasteiger partial charge is 0.355 e. The molecule has 1 aromatic rings. The minimum atomic E-state index is -0.0578. The van der Waals surface area contributed by atoms with E-state index in [9.17, 15) is 4.79 Å². The van der Waals surface area contributed by atoms with Crippen molar-refractivity contribution in [3.63, 3.8) is 0 Å². The van der Waals surface area contributed by atoms with Crippen molar-refractivity contribution in [2.24, 2.45) is 4.99 Å². The average Bonchev–Trinajstić information content (AvgIpc) is 2.42. The summed E-state index contributed by atoms with van der Waals surface area (Å²) in [5.41, 5.74) is 1.81. The molecule has 0 atom stereocenters. The van der Waals surface area contributed by atoms with Crippen LogP contribution in [0.1, 0.15) is 15.9 Å². The van der Waals surface area contributed by atoms with Gasteiger partial charge in [-0.25, -0.2) is 0 Å². The van der Waals surface area contributed by atoms with Crippen molar-refractivity contribution in [1.29, 1.82) is 0 Å². The van der Waals surface area contributed by atoms with Crippen LogP contribution in [-0.2, 0) is 6.42 Å². The Morgan fingerprint density at radius 2 is 1.85 bits per heavy atom. The summed E-state index contributed by atoms with van der Waals surface area (Å²) >= 11 is 0. The van der Waals surface area contributed by atoms with E-state index in [0.717, 1.165) is 17.9 Å². The molecule has 1 amide bonds. The van der Waals surface area contributed by atoms with Gasteiger partial charge in [-0.3, -0.25) is 9.79 Å². The van der Waals surface area contributed by atoms with Crippen LogP contribution in [0.5, 0.6) is 0 Å². The lowest BCUT2D eigenvalue weighted by Crippen LogP contribution is -2.35. The Morgan fingerprint density at radius 3 is 2.40 bits per heavy atom. The summed E-state index contributed by atoms with van der Waals surface area (Å²) in [6.07, 6.45) is 0.815. The Morgan fingerprint density at radius 1 is 1.20 bits per heavy atom. The number of aliphatic imine (C=N–C) groups is 1. The third-order valence-corrected chi connectivity index (χ3v) is 2.87. The van der Waals surface area contributed by atoms with Crippen LogP contribution in [0, 0.1) is 0 Å². The summed E-state index contributed by atoms with van der Waals surface area (Å²) in [6, 6.07) is 7.66. The SMILES string of the molecule is CNC(=O)c1cccc(CCN=C(N(C)C)N(C)C)c1. The standard InChI is InChI=1S/C15H24N4O/c1-16-14(20)13-8-6-7-12(11-13)9-10-17-15(18(2)3)19(4)5/h6-8,11H,9-10H2,1-5H3,(H,16,20). The van der Waals surface area contributed by atoms with Gasteiger partial charge in [-0.2, -0.15) is 0 Å². The number of hydrogen-bond donors (Lipinski definition) is 1. The van der Waals surface area contributed by atoms with Crippen LogP contribution >= 0.6 is 0 Å². The van der Waals surface area contributed by atoms with Gasteiger partial charge in [-0.15, -0.1) is 0 Å². The maximum Gasteiger partial charge on any atom is 0.251 e. The Balaban J connectivity index is 2.70. The molecule has 1 N–H and O–H groups in total. The normalized spacial score (nSPS) is 9.85. The van der Waals surface area contributed by atoms with Gasteiger partial charge >= 0.3 is 0 Å². The van der Waals surface area contributed by atoms with Crippen LogP contribution < -0.4 is 5.32 Å². The first-order valence-corrected chi connectivity index (χ1v) is 6.65. The van der Waals surface area contributed by atoms with Crippen LogP contribution in [0.2, 0.25) is 0 Å². The fraction of sp³-hybridized carbons (Fsp3) is 0.467. The van der Waals surface area contributed by atoms with Gasteiger partial charge < -0.3 is 15.1 Å². The molecule has 0 spiro atoms. The Bertz CT molecular complexity index is 471. The average molecular weight is 276 g/mol. The molecule has 0 aliphatic carbocycles. The first kappa shape index (κ1) is 16.0. The van der Waals surface area contributed by atoms with E-state index in [2.05, 4.69) is 10.3 Å². The van der Waals surface area contributed by atoms with Crippen LogP contribution in [0.25, 0.3) is 0 Å². The number of benzene rings is 1. The number of rotatable bonds is 4. The lowest BCUT2D eigenvalue weighted by Gasteiger charge is -2.22. The highest BCUT2D eigenvalue weighted by Crippen LogP contribution is 2.06. The third kappa shape index (κ3) is 4.57. The van der Waals surface area contributed by atoms with E-state index in [1.54, 1.807) is 7.05 Å². The molecule has 0 aliphatic rings. The highest BCUT2D eigenvalue weighted by atomic mass is 16.1. The van der Waals surface area contributed by atoms with Gasteiger partial charge in [0.2, 0.25) is 0 Å². The van der Waals surface area contributed by atoms with Gasteiger partial charge in [0.15, 0.2) is 5.96 Å². The van der Waals surface area contributed by atoms with E-state index in [4.69, 9.17) is 0 Å². The predicted molar refractivity (Wildman–Crippen MR) is 83.2 cm³/mol. The van der Waals surface area contributed by atoms with Crippen molar-refractivity contribution in [1.82, 2.24) is 15.1 Å². The maximum atomic E-state index is 11.6. The molecule has 0 aromatic heterocycles. The Kier molecular flexibility index (Phi) is 6.03. The lowest BCUT2D eigenvalue weighted by molar-refractivity contribution is 0.0963. The fourth-order valence-electron chi connectivity index (χ4n) is 1.98. The number of amides is 1. The number of nitrogens with zero attached hydrogens (tertiary/aromatic N) is 3. The first-order chi connectivity index (χ1) is 9.45. The van der Waals surface area contributed by atoms with Crippen molar-refractivity contribution < 1.29 is 4.79 Å². The van der Waals surface area contributed by atoms with E-state index < -0.39 is 0 Å². The number of carbonyl (C=O) groups excluding carboxylic acids is 1. The third-order valence-electron chi connectivity index (χ3n) is 2.87. The van der Waals surface area contributed by atoms with Gasteiger partial charge in [0.25, 0.3) is 5.91 Å². The molecule has 110 valence electrons. The zero-order valence-corrected chi connectivity index (χ0v) is 13.0. The molecule has 0 unspecified atom stereocenters. The molecule has 1 rings (SSSR count). The molecule has 5 nitrogen and oxygen atoms in total. The topological polar surface area (TPSA) is 47.9 Å². The molecule has 20 heavy (non-hydrogen) atoms. The molecule has 1 aromatic carbocycles. The van der Waals surface area contributed by atoms with Crippen LogP contribution in [0.4, 0.5) is 0 Å². The summed E-state index contributed by atoms with van der Waals surface area (Å²) in [7, 11) is 9.55. The quantitative estimate of drug-likeness (QED) is 0.661. The second-order valence-electron chi connectivity index (χ2n) is 5.00. The van der Waals surface area contributed by atoms with Crippen molar-refractivity contribution >= 4 is 11.9 Å². The molecule has 0 radical (unpaired) electrons. The molecular weight excluding hydrogens is 252 g/mol. The van der Waals surface area contributed by atoms with E-state index in [1.165, 1.54) is 0 Å². The van der Waals surface area contributed by atoms with Crippen LogP contribution in [0.15, 0.2) is 29.3 Å². The van der Waals surface area contributed by atoms with Gasteiger partial charge in [0.05, 0.1) is 0 Å². The monoisotopic (exact) mass is 276 g/mol. The molecule has 0 bridgehead atoms. The Hall–Kier alpha value is -2.04. The van der Waals surface area contributed by atoms with Gasteiger partial charge in [-0.05, 0) is 24.1 Å². The molecule has 0 saturated heterocycles. The minimum Gasteiger partial charge on any atom is -0.355 e. The van der Waals surface area contributed by atoms with Gasteiger partial charge in [0.1, 0.15) is 0 Å². The first-order valence-electron chi connectivity index (χ1n) is 6.65. The molecular formula is C15H24N4O.